The summed E-state index contributed by atoms with van der Waals surface area (Å²) in [5, 5.41) is 0. The van der Waals surface area contributed by atoms with Gasteiger partial charge in [0, 0.05) is 25.5 Å². The van der Waals surface area contributed by atoms with Crippen LogP contribution < -0.4 is 0 Å². The number of piperidine rings is 1. The Kier molecular flexibility index (Phi) is 5.92. The van der Waals surface area contributed by atoms with Gasteiger partial charge in [0.05, 0.1) is 12.0 Å². The number of hydrogen-bond acceptors (Lipinski definition) is 5. The molecule has 0 saturated carbocycles. The van der Waals surface area contributed by atoms with Crippen LogP contribution in [0.15, 0.2) is 59.8 Å². The van der Waals surface area contributed by atoms with E-state index in [1.165, 1.54) is 22.8 Å². The quantitative estimate of drug-likeness (QED) is 0.711. The van der Waals surface area contributed by atoms with Crippen LogP contribution in [0.4, 0.5) is 0 Å². The van der Waals surface area contributed by atoms with E-state index < -0.39 is 15.4 Å². The van der Waals surface area contributed by atoms with Gasteiger partial charge in [0.25, 0.3) is 0 Å². The Balaban J connectivity index is 1.93. The molecule has 6 nitrogen and oxygen atoms in total. The number of hydrogen-bond donors (Lipinski definition) is 0. The average molecular weight is 388 g/mol. The molecule has 1 aromatic heterocycles. The second-order valence-corrected chi connectivity index (χ2v) is 8.73. The van der Waals surface area contributed by atoms with Crippen molar-refractivity contribution in [1.82, 2.24) is 9.29 Å². The summed E-state index contributed by atoms with van der Waals surface area (Å²) in [5.74, 6) is -0.333. The maximum atomic E-state index is 13.0. The third-order valence-electron chi connectivity index (χ3n) is 4.91. The molecule has 27 heavy (non-hydrogen) atoms. The van der Waals surface area contributed by atoms with Crippen molar-refractivity contribution in [3.05, 3.63) is 60.4 Å². The predicted octanol–water partition coefficient (Wildman–Crippen LogP) is 2.66. The fourth-order valence-electron chi connectivity index (χ4n) is 3.60. The van der Waals surface area contributed by atoms with E-state index in [0.717, 1.165) is 5.56 Å². The number of aromatic nitrogens is 1. The molecule has 1 atom stereocenters. The van der Waals surface area contributed by atoms with Crippen molar-refractivity contribution in [1.29, 1.82) is 0 Å². The van der Waals surface area contributed by atoms with Gasteiger partial charge in [-0.15, -0.1) is 0 Å². The average Bonchev–Trinajstić information content (AvgIpc) is 2.70. The van der Waals surface area contributed by atoms with Crippen LogP contribution >= 0.6 is 0 Å². The van der Waals surface area contributed by atoms with E-state index >= 15 is 0 Å². The van der Waals surface area contributed by atoms with Crippen molar-refractivity contribution in [3.63, 3.8) is 0 Å². The number of pyridine rings is 1. The van der Waals surface area contributed by atoms with Gasteiger partial charge in [-0.2, -0.15) is 4.31 Å². The monoisotopic (exact) mass is 388 g/mol. The number of sulfonamides is 1. The maximum absolute atomic E-state index is 13.0. The lowest BCUT2D eigenvalue weighted by Gasteiger charge is -2.40. The Morgan fingerprint density at radius 3 is 2.67 bits per heavy atom. The molecule has 144 valence electrons. The third kappa shape index (κ3) is 4.20. The molecule has 0 unspecified atom stereocenters. The standard InChI is InChI=1S/C20H24N2O4S/c1-2-26-19(23)20(14-17-8-4-3-5-9-17)11-7-13-22(16-20)27(24,25)18-10-6-12-21-15-18/h3-6,8-10,12,15H,2,7,11,13-14,16H2,1H3/t20-/m0/s1. The fraction of sp³-hybridized carbons (Fsp3) is 0.400. The number of ether oxygens (including phenoxy) is 1. The first-order valence-corrected chi connectivity index (χ1v) is 10.5. The van der Waals surface area contributed by atoms with E-state index in [9.17, 15) is 13.2 Å². The highest BCUT2D eigenvalue weighted by atomic mass is 32.2. The van der Waals surface area contributed by atoms with Crippen molar-refractivity contribution < 1.29 is 17.9 Å². The van der Waals surface area contributed by atoms with Crippen LogP contribution in [0.3, 0.4) is 0 Å². The molecule has 0 bridgehead atoms. The SMILES string of the molecule is CCOC(=O)[C@]1(Cc2ccccc2)CCCN(S(=O)(=O)c2cccnc2)C1. The Morgan fingerprint density at radius 1 is 1.22 bits per heavy atom. The van der Waals surface area contributed by atoms with Gasteiger partial charge in [-0.25, -0.2) is 8.42 Å². The van der Waals surface area contributed by atoms with Crippen LogP contribution in [0.1, 0.15) is 25.3 Å². The number of carbonyl (C=O) groups is 1. The van der Waals surface area contributed by atoms with E-state index in [1.807, 2.05) is 30.3 Å². The molecular weight excluding hydrogens is 364 g/mol. The molecule has 1 saturated heterocycles. The highest BCUT2D eigenvalue weighted by Crippen LogP contribution is 2.37. The topological polar surface area (TPSA) is 76.6 Å². The van der Waals surface area contributed by atoms with Crippen molar-refractivity contribution in [2.75, 3.05) is 19.7 Å². The molecule has 0 N–H and O–H groups in total. The van der Waals surface area contributed by atoms with Crippen LogP contribution in [0.25, 0.3) is 0 Å². The summed E-state index contributed by atoms with van der Waals surface area (Å²) in [4.78, 5) is 16.9. The van der Waals surface area contributed by atoms with Crippen molar-refractivity contribution in [3.8, 4) is 0 Å². The van der Waals surface area contributed by atoms with Gasteiger partial charge in [-0.1, -0.05) is 30.3 Å². The van der Waals surface area contributed by atoms with Gasteiger partial charge in [0.15, 0.2) is 0 Å². The molecule has 0 aliphatic carbocycles. The first kappa shape index (κ1) is 19.5. The third-order valence-corrected chi connectivity index (χ3v) is 6.74. The highest BCUT2D eigenvalue weighted by molar-refractivity contribution is 7.89. The normalized spacial score (nSPS) is 20.9. The smallest absolute Gasteiger partial charge is 0.313 e. The molecule has 0 spiro atoms. The van der Waals surface area contributed by atoms with Crippen molar-refractivity contribution >= 4 is 16.0 Å². The van der Waals surface area contributed by atoms with Gasteiger partial charge in [0.1, 0.15) is 4.90 Å². The highest BCUT2D eigenvalue weighted by Gasteiger charge is 2.46. The lowest BCUT2D eigenvalue weighted by molar-refractivity contribution is -0.157. The molecular formula is C20H24N2O4S. The fourth-order valence-corrected chi connectivity index (χ4v) is 5.13. The summed E-state index contributed by atoms with van der Waals surface area (Å²) < 4.78 is 32.8. The molecule has 7 heteroatoms. The van der Waals surface area contributed by atoms with Crippen LogP contribution in [-0.4, -0.2) is 43.4 Å². The first-order valence-electron chi connectivity index (χ1n) is 9.09. The van der Waals surface area contributed by atoms with Crippen molar-refractivity contribution in [2.24, 2.45) is 5.41 Å². The number of rotatable bonds is 6. The van der Waals surface area contributed by atoms with Crippen LogP contribution in [0.5, 0.6) is 0 Å². The zero-order valence-electron chi connectivity index (χ0n) is 15.4. The second-order valence-electron chi connectivity index (χ2n) is 6.79. The summed E-state index contributed by atoms with van der Waals surface area (Å²) in [7, 11) is -3.71. The van der Waals surface area contributed by atoms with Crippen LogP contribution in [0, 0.1) is 5.41 Å². The summed E-state index contributed by atoms with van der Waals surface area (Å²) in [6, 6.07) is 12.8. The Hall–Kier alpha value is -2.25. The van der Waals surface area contributed by atoms with Gasteiger partial charge in [0.2, 0.25) is 10.0 Å². The van der Waals surface area contributed by atoms with Gasteiger partial charge < -0.3 is 4.74 Å². The molecule has 2 aromatic rings. The number of esters is 1. The zero-order chi connectivity index (χ0) is 19.3. The van der Waals surface area contributed by atoms with E-state index in [0.29, 0.717) is 25.8 Å². The molecule has 3 rings (SSSR count). The minimum atomic E-state index is -3.71. The molecule has 0 radical (unpaired) electrons. The lowest BCUT2D eigenvalue weighted by Crippen LogP contribution is -2.51. The summed E-state index contributed by atoms with van der Waals surface area (Å²) >= 11 is 0. The molecule has 2 heterocycles. The van der Waals surface area contributed by atoms with Gasteiger partial charge in [-0.3, -0.25) is 9.78 Å². The summed E-state index contributed by atoms with van der Waals surface area (Å²) in [6.07, 6.45) is 4.53. The van der Waals surface area contributed by atoms with E-state index in [1.54, 1.807) is 13.0 Å². The molecule has 0 amide bonds. The zero-order valence-corrected chi connectivity index (χ0v) is 16.2. The van der Waals surface area contributed by atoms with Gasteiger partial charge >= 0.3 is 5.97 Å². The minimum absolute atomic E-state index is 0.109. The van der Waals surface area contributed by atoms with Gasteiger partial charge in [-0.05, 0) is 43.9 Å². The summed E-state index contributed by atoms with van der Waals surface area (Å²) in [6.45, 7) is 2.52. The predicted molar refractivity (Wildman–Crippen MR) is 101 cm³/mol. The number of carbonyl (C=O) groups excluding carboxylic acids is 1. The van der Waals surface area contributed by atoms with E-state index in [2.05, 4.69) is 4.98 Å². The van der Waals surface area contributed by atoms with E-state index in [4.69, 9.17) is 4.74 Å². The Bertz CT molecular complexity index is 871. The molecule has 1 aliphatic heterocycles. The lowest BCUT2D eigenvalue weighted by atomic mass is 9.75. The number of nitrogens with zero attached hydrogens (tertiary/aromatic N) is 2. The second kappa shape index (κ2) is 8.19. The van der Waals surface area contributed by atoms with Crippen molar-refractivity contribution in [2.45, 2.75) is 31.1 Å². The molecule has 1 aliphatic rings. The number of benzene rings is 1. The molecule has 1 aromatic carbocycles. The van der Waals surface area contributed by atoms with Crippen LogP contribution in [0.2, 0.25) is 0 Å². The van der Waals surface area contributed by atoms with Crippen LogP contribution in [-0.2, 0) is 26.0 Å². The minimum Gasteiger partial charge on any atom is -0.466 e. The first-order chi connectivity index (χ1) is 13.0. The summed E-state index contributed by atoms with van der Waals surface area (Å²) in [5.41, 5.74) is 0.108. The Morgan fingerprint density at radius 2 is 2.00 bits per heavy atom. The molecule has 1 fully saturated rings. The van der Waals surface area contributed by atoms with E-state index in [-0.39, 0.29) is 24.0 Å². The maximum Gasteiger partial charge on any atom is 0.313 e. The Labute approximate surface area is 160 Å². The largest absolute Gasteiger partial charge is 0.466 e.